The highest BCUT2D eigenvalue weighted by Gasteiger charge is 2.14. The Balaban J connectivity index is 1.75. The Labute approximate surface area is 193 Å². The van der Waals surface area contributed by atoms with Crippen LogP contribution in [0, 0.1) is 0 Å². The number of aryl methyl sites for hydroxylation is 1. The average Bonchev–Trinajstić information content (AvgIpc) is 2.81. The molecule has 4 aromatic rings. The van der Waals surface area contributed by atoms with E-state index in [-0.39, 0.29) is 5.63 Å². The van der Waals surface area contributed by atoms with Gasteiger partial charge in [-0.1, -0.05) is 86.3 Å². The molecule has 0 radical (unpaired) electrons. The summed E-state index contributed by atoms with van der Waals surface area (Å²) in [5.74, 6) is 0.738. The van der Waals surface area contributed by atoms with Crippen molar-refractivity contribution in [3.63, 3.8) is 0 Å². The van der Waals surface area contributed by atoms with E-state index in [4.69, 9.17) is 20.8 Å². The second kappa shape index (κ2) is 10.5. The van der Waals surface area contributed by atoms with Gasteiger partial charge in [0.1, 0.15) is 17.9 Å². The molecule has 0 fully saturated rings. The van der Waals surface area contributed by atoms with Crippen molar-refractivity contribution in [2.75, 3.05) is 0 Å². The number of benzene rings is 3. The van der Waals surface area contributed by atoms with E-state index in [1.165, 1.54) is 19.3 Å². The summed E-state index contributed by atoms with van der Waals surface area (Å²) < 4.78 is 11.8. The largest absolute Gasteiger partial charge is 0.488 e. The molecule has 0 N–H and O–H groups in total. The van der Waals surface area contributed by atoms with E-state index in [9.17, 15) is 4.79 Å². The first-order valence-corrected chi connectivity index (χ1v) is 11.6. The predicted octanol–water partition coefficient (Wildman–Crippen LogP) is 7.82. The Kier molecular flexibility index (Phi) is 7.28. The summed E-state index contributed by atoms with van der Waals surface area (Å²) in [5.41, 5.74) is 4.07. The highest BCUT2D eigenvalue weighted by Crippen LogP contribution is 2.34. The highest BCUT2D eigenvalue weighted by atomic mass is 35.5. The van der Waals surface area contributed by atoms with Gasteiger partial charge in [-0.25, -0.2) is 4.79 Å². The second-order valence-electron chi connectivity index (χ2n) is 7.99. The van der Waals surface area contributed by atoms with Crippen molar-refractivity contribution >= 4 is 22.6 Å². The number of hydrogen-bond donors (Lipinski definition) is 0. The molecule has 0 saturated carbocycles. The molecule has 0 saturated heterocycles. The van der Waals surface area contributed by atoms with Crippen LogP contribution in [0.15, 0.2) is 82.0 Å². The summed E-state index contributed by atoms with van der Waals surface area (Å²) in [6.07, 6.45) is 5.57. The van der Waals surface area contributed by atoms with Crippen LogP contribution in [0.3, 0.4) is 0 Å². The molecule has 3 aromatic carbocycles. The van der Waals surface area contributed by atoms with Crippen LogP contribution in [0.4, 0.5) is 0 Å². The molecular weight excluding hydrogens is 420 g/mol. The van der Waals surface area contributed by atoms with Crippen LogP contribution in [0.5, 0.6) is 5.75 Å². The third-order valence-electron chi connectivity index (χ3n) is 5.65. The van der Waals surface area contributed by atoms with Crippen LogP contribution >= 0.6 is 11.6 Å². The van der Waals surface area contributed by atoms with Gasteiger partial charge in [0.25, 0.3) is 0 Å². The van der Waals surface area contributed by atoms with Gasteiger partial charge in [-0.15, -0.1) is 0 Å². The lowest BCUT2D eigenvalue weighted by Crippen LogP contribution is -2.03. The van der Waals surface area contributed by atoms with Crippen LogP contribution in [-0.4, -0.2) is 0 Å². The Morgan fingerprint density at radius 1 is 0.875 bits per heavy atom. The quantitative estimate of drug-likeness (QED) is 0.194. The van der Waals surface area contributed by atoms with Gasteiger partial charge in [-0.05, 0) is 41.7 Å². The highest BCUT2D eigenvalue weighted by molar-refractivity contribution is 6.31. The van der Waals surface area contributed by atoms with E-state index in [1.807, 2.05) is 60.7 Å². The molecule has 0 atom stereocenters. The first-order chi connectivity index (χ1) is 15.7. The van der Waals surface area contributed by atoms with E-state index in [0.717, 1.165) is 46.2 Å². The van der Waals surface area contributed by atoms with Gasteiger partial charge in [0.05, 0.1) is 0 Å². The molecular formula is C28H27ClO3. The molecule has 4 rings (SSSR count). The maximum atomic E-state index is 12.3. The SMILES string of the molecule is CCCCCCc1cc2c(-c3ccccc3)cc(=O)oc2cc1OCc1ccccc1Cl. The molecule has 0 spiro atoms. The summed E-state index contributed by atoms with van der Waals surface area (Å²) in [4.78, 5) is 12.3. The number of rotatable bonds is 9. The van der Waals surface area contributed by atoms with Crippen molar-refractivity contribution in [1.29, 1.82) is 0 Å². The van der Waals surface area contributed by atoms with Gasteiger partial charge < -0.3 is 9.15 Å². The normalized spacial score (nSPS) is 11.1. The smallest absolute Gasteiger partial charge is 0.336 e. The van der Waals surface area contributed by atoms with Crippen LogP contribution < -0.4 is 10.4 Å². The van der Waals surface area contributed by atoms with Gasteiger partial charge in [0.2, 0.25) is 0 Å². The maximum absolute atomic E-state index is 12.3. The zero-order valence-corrected chi connectivity index (χ0v) is 19.0. The fourth-order valence-electron chi connectivity index (χ4n) is 3.93. The molecule has 1 aromatic heterocycles. The van der Waals surface area contributed by atoms with Crippen LogP contribution in [-0.2, 0) is 13.0 Å². The number of halogens is 1. The van der Waals surface area contributed by atoms with Gasteiger partial charge >= 0.3 is 5.63 Å². The van der Waals surface area contributed by atoms with Crippen molar-refractivity contribution in [2.45, 2.75) is 45.6 Å². The Bertz CT molecular complexity index is 1240. The summed E-state index contributed by atoms with van der Waals surface area (Å²) in [6.45, 7) is 2.57. The summed E-state index contributed by atoms with van der Waals surface area (Å²) in [5, 5.41) is 1.60. The van der Waals surface area contributed by atoms with Crippen molar-refractivity contribution in [2.24, 2.45) is 0 Å². The second-order valence-corrected chi connectivity index (χ2v) is 8.40. The third-order valence-corrected chi connectivity index (χ3v) is 6.02. The fraction of sp³-hybridized carbons (Fsp3) is 0.250. The summed E-state index contributed by atoms with van der Waals surface area (Å²) in [6, 6.07) is 23.2. The van der Waals surface area contributed by atoms with E-state index < -0.39 is 0 Å². The van der Waals surface area contributed by atoms with Crippen LogP contribution in [0.25, 0.3) is 22.1 Å². The minimum Gasteiger partial charge on any atom is -0.488 e. The van der Waals surface area contributed by atoms with Crippen LogP contribution in [0.1, 0.15) is 43.7 Å². The van der Waals surface area contributed by atoms with Crippen molar-refractivity contribution in [3.05, 3.63) is 99.4 Å². The molecule has 0 aliphatic carbocycles. The topological polar surface area (TPSA) is 39.4 Å². The van der Waals surface area contributed by atoms with Crippen molar-refractivity contribution in [3.8, 4) is 16.9 Å². The van der Waals surface area contributed by atoms with Crippen LogP contribution in [0.2, 0.25) is 5.02 Å². The first kappa shape index (κ1) is 22.2. The number of unbranched alkanes of at least 4 members (excludes halogenated alkanes) is 3. The molecule has 0 unspecified atom stereocenters. The Morgan fingerprint density at radius 2 is 1.66 bits per heavy atom. The van der Waals surface area contributed by atoms with E-state index in [2.05, 4.69) is 13.0 Å². The van der Waals surface area contributed by atoms with E-state index in [1.54, 1.807) is 6.07 Å². The lowest BCUT2D eigenvalue weighted by atomic mass is 9.98. The van der Waals surface area contributed by atoms with E-state index in [0.29, 0.717) is 17.2 Å². The third kappa shape index (κ3) is 5.23. The summed E-state index contributed by atoms with van der Waals surface area (Å²) in [7, 11) is 0. The predicted molar refractivity (Wildman–Crippen MR) is 132 cm³/mol. The minimum absolute atomic E-state index is 0.357. The van der Waals surface area contributed by atoms with Gasteiger partial charge in [-0.2, -0.15) is 0 Å². The Morgan fingerprint density at radius 3 is 2.44 bits per heavy atom. The zero-order chi connectivity index (χ0) is 22.3. The number of fused-ring (bicyclic) bond motifs is 1. The molecule has 32 heavy (non-hydrogen) atoms. The molecule has 3 nitrogen and oxygen atoms in total. The molecule has 0 amide bonds. The minimum atomic E-state index is -0.371. The lowest BCUT2D eigenvalue weighted by Gasteiger charge is -2.15. The van der Waals surface area contributed by atoms with Gasteiger partial charge in [-0.3, -0.25) is 0 Å². The molecule has 0 aliphatic rings. The van der Waals surface area contributed by atoms with Crippen molar-refractivity contribution in [1.82, 2.24) is 0 Å². The zero-order valence-electron chi connectivity index (χ0n) is 18.3. The number of hydrogen-bond acceptors (Lipinski definition) is 3. The fourth-order valence-corrected chi connectivity index (χ4v) is 4.12. The average molecular weight is 447 g/mol. The Hall–Kier alpha value is -3.04. The first-order valence-electron chi connectivity index (χ1n) is 11.2. The molecule has 4 heteroatoms. The lowest BCUT2D eigenvalue weighted by molar-refractivity contribution is 0.302. The van der Waals surface area contributed by atoms with E-state index >= 15 is 0 Å². The summed E-state index contributed by atoms with van der Waals surface area (Å²) >= 11 is 6.31. The number of ether oxygens (including phenoxy) is 1. The molecule has 164 valence electrons. The van der Waals surface area contributed by atoms with Gasteiger partial charge in [0, 0.05) is 28.1 Å². The monoisotopic (exact) mass is 446 g/mol. The standard InChI is InChI=1S/C28H27ClO3/c1-2-3-4-6-13-21-16-24-23(20-11-7-5-8-12-20)17-28(30)32-27(24)18-26(21)31-19-22-14-9-10-15-25(22)29/h5,7-12,14-18H,2-4,6,13,19H2,1H3. The van der Waals surface area contributed by atoms with Gasteiger partial charge in [0.15, 0.2) is 0 Å². The molecule has 0 bridgehead atoms. The maximum Gasteiger partial charge on any atom is 0.336 e. The molecule has 1 heterocycles. The van der Waals surface area contributed by atoms with Crippen molar-refractivity contribution < 1.29 is 9.15 Å². The molecule has 0 aliphatic heterocycles.